The van der Waals surface area contributed by atoms with Gasteiger partial charge in [0.05, 0.1) is 7.11 Å². The van der Waals surface area contributed by atoms with Gasteiger partial charge < -0.3 is 15.2 Å². The molecular formula is C15H16FNO2. The molecule has 0 aliphatic carbocycles. The molecule has 0 aromatic heterocycles. The van der Waals surface area contributed by atoms with Crippen molar-refractivity contribution in [2.45, 2.75) is 13.5 Å². The second-order valence-electron chi connectivity index (χ2n) is 4.28. The van der Waals surface area contributed by atoms with E-state index in [1.54, 1.807) is 19.2 Å². The molecule has 2 N–H and O–H groups in total. The van der Waals surface area contributed by atoms with Crippen molar-refractivity contribution >= 4 is 5.69 Å². The van der Waals surface area contributed by atoms with Crippen molar-refractivity contribution in [2.24, 2.45) is 0 Å². The van der Waals surface area contributed by atoms with Gasteiger partial charge in [-0.1, -0.05) is 12.1 Å². The molecule has 0 heterocycles. The lowest BCUT2D eigenvalue weighted by molar-refractivity contribution is 0.414. The van der Waals surface area contributed by atoms with Gasteiger partial charge in [-0.05, 0) is 36.8 Å². The molecular weight excluding hydrogens is 245 g/mol. The molecule has 2 aromatic rings. The van der Waals surface area contributed by atoms with E-state index < -0.39 is 5.82 Å². The Morgan fingerprint density at radius 2 is 2.05 bits per heavy atom. The summed E-state index contributed by atoms with van der Waals surface area (Å²) in [4.78, 5) is 0. The number of benzene rings is 2. The van der Waals surface area contributed by atoms with Crippen LogP contribution in [0.3, 0.4) is 0 Å². The van der Waals surface area contributed by atoms with E-state index >= 15 is 0 Å². The summed E-state index contributed by atoms with van der Waals surface area (Å²) in [6.45, 7) is 2.31. The number of anilines is 1. The lowest BCUT2D eigenvalue weighted by Gasteiger charge is -2.12. The van der Waals surface area contributed by atoms with E-state index in [9.17, 15) is 9.50 Å². The van der Waals surface area contributed by atoms with Crippen LogP contribution in [0, 0.1) is 12.7 Å². The summed E-state index contributed by atoms with van der Waals surface area (Å²) in [5.41, 5.74) is 2.47. The Bertz CT molecular complexity index is 584. The topological polar surface area (TPSA) is 41.5 Å². The third-order valence-electron chi connectivity index (χ3n) is 2.97. The lowest BCUT2D eigenvalue weighted by atomic mass is 10.1. The fourth-order valence-corrected chi connectivity index (χ4v) is 1.85. The number of hydrogen-bond donors (Lipinski definition) is 2. The maximum Gasteiger partial charge on any atom is 0.165 e. The summed E-state index contributed by atoms with van der Waals surface area (Å²) in [6, 6.07) is 10.1. The van der Waals surface area contributed by atoms with Crippen molar-refractivity contribution in [2.75, 3.05) is 12.4 Å². The summed E-state index contributed by atoms with van der Waals surface area (Å²) >= 11 is 0. The number of nitrogens with one attached hydrogen (secondary N) is 1. The average molecular weight is 261 g/mol. The van der Waals surface area contributed by atoms with Crippen LogP contribution in [0.25, 0.3) is 0 Å². The number of aromatic hydroxyl groups is 1. The molecule has 0 fully saturated rings. The largest absolute Gasteiger partial charge is 0.505 e. The number of para-hydroxylation sites is 1. The van der Waals surface area contributed by atoms with Crippen LogP contribution in [0.1, 0.15) is 11.1 Å². The molecule has 0 bridgehead atoms. The molecule has 0 aliphatic heterocycles. The molecule has 2 aromatic carbocycles. The van der Waals surface area contributed by atoms with Crippen molar-refractivity contribution < 1.29 is 14.2 Å². The zero-order chi connectivity index (χ0) is 13.8. The molecule has 100 valence electrons. The standard InChI is InChI=1S/C15H16FNO2/c1-10-8-12(19-2)6-7-14(10)17-9-11-4-3-5-13(16)15(11)18/h3-8,17-18H,9H2,1-2H3. The van der Waals surface area contributed by atoms with Crippen LogP contribution in [0.4, 0.5) is 10.1 Å². The first-order chi connectivity index (χ1) is 9.11. The summed E-state index contributed by atoms with van der Waals surface area (Å²) in [6.07, 6.45) is 0. The number of rotatable bonds is 4. The number of hydrogen-bond acceptors (Lipinski definition) is 3. The van der Waals surface area contributed by atoms with Gasteiger partial charge in [0.2, 0.25) is 0 Å². The summed E-state index contributed by atoms with van der Waals surface area (Å²) in [5.74, 6) is -0.122. The van der Waals surface area contributed by atoms with E-state index in [0.717, 1.165) is 17.0 Å². The minimum absolute atomic E-state index is 0.304. The summed E-state index contributed by atoms with van der Waals surface area (Å²) in [7, 11) is 1.62. The van der Waals surface area contributed by atoms with Gasteiger partial charge in [0, 0.05) is 17.8 Å². The van der Waals surface area contributed by atoms with Crippen LogP contribution in [0.2, 0.25) is 0 Å². The van der Waals surface area contributed by atoms with Crippen LogP contribution in [0.15, 0.2) is 36.4 Å². The zero-order valence-corrected chi connectivity index (χ0v) is 10.9. The Morgan fingerprint density at radius 3 is 2.74 bits per heavy atom. The van der Waals surface area contributed by atoms with Crippen LogP contribution in [0.5, 0.6) is 11.5 Å². The number of phenolic OH excluding ortho intramolecular Hbond substituents is 1. The van der Waals surface area contributed by atoms with Gasteiger partial charge in [-0.25, -0.2) is 4.39 Å². The molecule has 0 radical (unpaired) electrons. The van der Waals surface area contributed by atoms with E-state index in [1.165, 1.54) is 6.07 Å². The molecule has 3 nitrogen and oxygen atoms in total. The molecule has 0 amide bonds. The van der Waals surface area contributed by atoms with E-state index in [-0.39, 0.29) is 5.75 Å². The van der Waals surface area contributed by atoms with Crippen LogP contribution < -0.4 is 10.1 Å². The highest BCUT2D eigenvalue weighted by Gasteiger charge is 2.07. The van der Waals surface area contributed by atoms with Crippen molar-refractivity contribution in [3.63, 3.8) is 0 Å². The highest BCUT2D eigenvalue weighted by molar-refractivity contribution is 5.54. The quantitative estimate of drug-likeness (QED) is 0.885. The van der Waals surface area contributed by atoms with Gasteiger partial charge in [-0.15, -0.1) is 0 Å². The minimum atomic E-state index is -0.606. The van der Waals surface area contributed by atoms with E-state index in [2.05, 4.69) is 5.32 Å². The molecule has 4 heteroatoms. The molecule has 0 saturated carbocycles. The zero-order valence-electron chi connectivity index (χ0n) is 10.9. The summed E-state index contributed by atoms with van der Waals surface area (Å²) < 4.78 is 18.3. The van der Waals surface area contributed by atoms with Gasteiger partial charge in [0.25, 0.3) is 0 Å². The van der Waals surface area contributed by atoms with Gasteiger partial charge in [0.1, 0.15) is 5.75 Å². The maximum atomic E-state index is 13.2. The predicted octanol–water partition coefficient (Wildman–Crippen LogP) is 3.46. The SMILES string of the molecule is COc1ccc(NCc2cccc(F)c2O)c(C)c1. The van der Waals surface area contributed by atoms with E-state index in [0.29, 0.717) is 12.1 Å². The Balaban J connectivity index is 2.12. The van der Waals surface area contributed by atoms with Crippen molar-refractivity contribution in [1.29, 1.82) is 0 Å². The van der Waals surface area contributed by atoms with Crippen molar-refractivity contribution in [1.82, 2.24) is 0 Å². The normalized spacial score (nSPS) is 10.3. The number of methoxy groups -OCH3 is 1. The fraction of sp³-hybridized carbons (Fsp3) is 0.200. The molecule has 0 atom stereocenters. The monoisotopic (exact) mass is 261 g/mol. The molecule has 2 rings (SSSR count). The lowest BCUT2D eigenvalue weighted by Crippen LogP contribution is -2.02. The highest BCUT2D eigenvalue weighted by Crippen LogP contribution is 2.24. The maximum absolute atomic E-state index is 13.2. The third-order valence-corrected chi connectivity index (χ3v) is 2.97. The Morgan fingerprint density at radius 1 is 1.26 bits per heavy atom. The Labute approximate surface area is 111 Å². The van der Waals surface area contributed by atoms with Crippen molar-refractivity contribution in [3.8, 4) is 11.5 Å². The first kappa shape index (κ1) is 13.2. The van der Waals surface area contributed by atoms with Crippen molar-refractivity contribution in [3.05, 3.63) is 53.3 Å². The van der Waals surface area contributed by atoms with Gasteiger partial charge >= 0.3 is 0 Å². The molecule has 0 spiro atoms. The average Bonchev–Trinajstić information content (AvgIpc) is 2.41. The first-order valence-electron chi connectivity index (χ1n) is 5.96. The molecule has 19 heavy (non-hydrogen) atoms. The van der Waals surface area contributed by atoms with Crippen LogP contribution in [-0.2, 0) is 6.54 Å². The smallest absolute Gasteiger partial charge is 0.165 e. The van der Waals surface area contributed by atoms with Gasteiger partial charge in [0.15, 0.2) is 11.6 Å². The predicted molar refractivity (Wildman–Crippen MR) is 73.1 cm³/mol. The van der Waals surface area contributed by atoms with E-state index in [1.807, 2.05) is 25.1 Å². The number of aryl methyl sites for hydroxylation is 1. The molecule has 0 unspecified atom stereocenters. The van der Waals surface area contributed by atoms with Crippen LogP contribution in [-0.4, -0.2) is 12.2 Å². The fourth-order valence-electron chi connectivity index (χ4n) is 1.85. The van der Waals surface area contributed by atoms with Crippen LogP contribution >= 0.6 is 0 Å². The van der Waals surface area contributed by atoms with Gasteiger partial charge in [-0.3, -0.25) is 0 Å². The first-order valence-corrected chi connectivity index (χ1v) is 5.96. The van der Waals surface area contributed by atoms with Gasteiger partial charge in [-0.2, -0.15) is 0 Å². The second kappa shape index (κ2) is 5.61. The molecule has 0 saturated heterocycles. The molecule has 0 aliphatic rings. The minimum Gasteiger partial charge on any atom is -0.505 e. The third kappa shape index (κ3) is 2.96. The number of halogens is 1. The number of ether oxygens (including phenoxy) is 1. The Kier molecular flexibility index (Phi) is 3.90. The summed E-state index contributed by atoms with van der Waals surface area (Å²) in [5, 5.41) is 12.8. The van der Waals surface area contributed by atoms with E-state index in [4.69, 9.17) is 4.74 Å². The number of phenols is 1. The Hall–Kier alpha value is -2.23. The highest BCUT2D eigenvalue weighted by atomic mass is 19.1. The second-order valence-corrected chi connectivity index (χ2v) is 4.28.